The highest BCUT2D eigenvalue weighted by molar-refractivity contribution is 5.83. The molecule has 1 aromatic heterocycles. The van der Waals surface area contributed by atoms with E-state index in [2.05, 4.69) is 39.5 Å². The number of aromatic nitrogens is 1. The van der Waals surface area contributed by atoms with E-state index in [1.54, 1.807) is 0 Å². The number of nitrogens with zero attached hydrogens (tertiary/aromatic N) is 1. The van der Waals surface area contributed by atoms with Gasteiger partial charge >= 0.3 is 0 Å². The lowest BCUT2D eigenvalue weighted by atomic mass is 10.2. The van der Waals surface area contributed by atoms with Crippen LogP contribution in [0, 0.1) is 0 Å². The molecule has 0 radical (unpaired) electrons. The quantitative estimate of drug-likeness (QED) is 0.865. The minimum atomic E-state index is 0.627. The lowest BCUT2D eigenvalue weighted by molar-refractivity contribution is 0.326. The van der Waals surface area contributed by atoms with Crippen LogP contribution in [0.5, 0.6) is 0 Å². The first-order valence-electron chi connectivity index (χ1n) is 6.96. The van der Waals surface area contributed by atoms with Crippen LogP contribution in [0.25, 0.3) is 10.9 Å². The maximum Gasteiger partial charge on any atom is 0.0455 e. The van der Waals surface area contributed by atoms with Gasteiger partial charge in [-0.15, -0.1) is 0 Å². The van der Waals surface area contributed by atoms with Crippen LogP contribution >= 0.6 is 0 Å². The zero-order chi connectivity index (χ0) is 11.9. The molecule has 1 unspecified atom stereocenters. The van der Waals surface area contributed by atoms with Gasteiger partial charge in [0.1, 0.15) is 0 Å². The van der Waals surface area contributed by atoms with E-state index in [-0.39, 0.29) is 0 Å². The van der Waals surface area contributed by atoms with Crippen molar-refractivity contribution in [3.05, 3.63) is 30.5 Å². The van der Waals surface area contributed by atoms with Gasteiger partial charge in [0.25, 0.3) is 0 Å². The number of aromatic amines is 1. The zero-order valence-corrected chi connectivity index (χ0v) is 10.5. The van der Waals surface area contributed by atoms with Gasteiger partial charge in [0.15, 0.2) is 0 Å². The Labute approximate surface area is 107 Å². The van der Waals surface area contributed by atoms with Crippen LogP contribution in [0.4, 0.5) is 5.69 Å². The van der Waals surface area contributed by atoms with Gasteiger partial charge in [0.05, 0.1) is 0 Å². The molecule has 1 aliphatic heterocycles. The molecule has 0 spiro atoms. The van der Waals surface area contributed by atoms with Crippen LogP contribution in [0.2, 0.25) is 0 Å². The first-order valence-corrected chi connectivity index (χ1v) is 6.96. The van der Waals surface area contributed by atoms with E-state index in [4.69, 9.17) is 0 Å². The summed E-state index contributed by atoms with van der Waals surface area (Å²) in [6.45, 7) is 2.49. The molecule has 3 nitrogen and oxygen atoms in total. The molecule has 1 aliphatic carbocycles. The topological polar surface area (TPSA) is 31.1 Å². The van der Waals surface area contributed by atoms with Gasteiger partial charge in [-0.3, -0.25) is 4.90 Å². The minimum absolute atomic E-state index is 0.627. The SMILES string of the molecule is c1cc2cc(NC3CCN(C4CC4)C3)ccc2[nH]1. The number of fused-ring (bicyclic) bond motifs is 1. The second-order valence-electron chi connectivity index (χ2n) is 5.64. The van der Waals surface area contributed by atoms with Crippen molar-refractivity contribution >= 4 is 16.6 Å². The molecule has 1 atom stereocenters. The molecule has 1 saturated heterocycles. The Kier molecular flexibility index (Phi) is 2.33. The summed E-state index contributed by atoms with van der Waals surface area (Å²) in [5.41, 5.74) is 2.47. The first-order chi connectivity index (χ1) is 8.88. The van der Waals surface area contributed by atoms with Crippen LogP contribution < -0.4 is 5.32 Å². The van der Waals surface area contributed by atoms with Crippen LogP contribution in [-0.2, 0) is 0 Å². The third-order valence-corrected chi connectivity index (χ3v) is 4.21. The van der Waals surface area contributed by atoms with Gasteiger partial charge in [-0.1, -0.05) is 0 Å². The third-order valence-electron chi connectivity index (χ3n) is 4.21. The van der Waals surface area contributed by atoms with Crippen molar-refractivity contribution in [2.24, 2.45) is 0 Å². The average Bonchev–Trinajstić information content (AvgIpc) is 2.95. The fourth-order valence-electron chi connectivity index (χ4n) is 3.06. The van der Waals surface area contributed by atoms with Crippen LogP contribution in [0.3, 0.4) is 0 Å². The molecule has 1 aromatic carbocycles. The van der Waals surface area contributed by atoms with E-state index in [1.165, 1.54) is 48.9 Å². The number of hydrogen-bond acceptors (Lipinski definition) is 2. The second kappa shape index (κ2) is 4.02. The second-order valence-corrected chi connectivity index (χ2v) is 5.64. The van der Waals surface area contributed by atoms with Gasteiger partial charge in [0.2, 0.25) is 0 Å². The smallest absolute Gasteiger partial charge is 0.0455 e. The number of benzene rings is 1. The Morgan fingerprint density at radius 1 is 1.17 bits per heavy atom. The number of anilines is 1. The molecule has 1 saturated carbocycles. The van der Waals surface area contributed by atoms with Gasteiger partial charge in [0, 0.05) is 48.0 Å². The molecule has 94 valence electrons. The van der Waals surface area contributed by atoms with Crippen molar-refractivity contribution in [3.8, 4) is 0 Å². The van der Waals surface area contributed by atoms with E-state index >= 15 is 0 Å². The summed E-state index contributed by atoms with van der Waals surface area (Å²) < 4.78 is 0. The van der Waals surface area contributed by atoms with Crippen LogP contribution in [0.15, 0.2) is 30.5 Å². The summed E-state index contributed by atoms with van der Waals surface area (Å²) in [5, 5.41) is 4.97. The monoisotopic (exact) mass is 241 g/mol. The largest absolute Gasteiger partial charge is 0.381 e. The summed E-state index contributed by atoms with van der Waals surface area (Å²) in [5.74, 6) is 0. The first kappa shape index (κ1) is 10.4. The Morgan fingerprint density at radius 3 is 3.00 bits per heavy atom. The molecule has 0 bridgehead atoms. The molecular formula is C15H19N3. The maximum atomic E-state index is 3.68. The molecule has 2 aliphatic rings. The highest BCUT2D eigenvalue weighted by Crippen LogP contribution is 2.30. The maximum absolute atomic E-state index is 3.68. The van der Waals surface area contributed by atoms with Crippen molar-refractivity contribution in [2.45, 2.75) is 31.3 Å². The number of likely N-dealkylation sites (tertiary alicyclic amines) is 1. The molecule has 2 heterocycles. The number of rotatable bonds is 3. The lowest BCUT2D eigenvalue weighted by Crippen LogP contribution is -2.27. The fraction of sp³-hybridized carbons (Fsp3) is 0.467. The van der Waals surface area contributed by atoms with Crippen molar-refractivity contribution < 1.29 is 0 Å². The van der Waals surface area contributed by atoms with Crippen molar-refractivity contribution in [3.63, 3.8) is 0 Å². The summed E-state index contributed by atoms with van der Waals surface area (Å²) >= 11 is 0. The number of nitrogens with one attached hydrogen (secondary N) is 2. The summed E-state index contributed by atoms with van der Waals surface area (Å²) in [7, 11) is 0. The Morgan fingerprint density at radius 2 is 2.11 bits per heavy atom. The van der Waals surface area contributed by atoms with E-state index in [0.717, 1.165) is 6.04 Å². The molecule has 18 heavy (non-hydrogen) atoms. The molecular weight excluding hydrogens is 222 g/mol. The molecule has 2 N–H and O–H groups in total. The normalized spacial score (nSPS) is 24.8. The Bertz CT molecular complexity index is 556. The average molecular weight is 241 g/mol. The Balaban J connectivity index is 1.47. The highest BCUT2D eigenvalue weighted by Gasteiger charge is 2.34. The van der Waals surface area contributed by atoms with E-state index in [1.807, 2.05) is 6.20 Å². The summed E-state index contributed by atoms with van der Waals surface area (Å²) in [6, 6.07) is 10.2. The predicted molar refractivity (Wildman–Crippen MR) is 74.9 cm³/mol. The van der Waals surface area contributed by atoms with Crippen molar-refractivity contribution in [1.82, 2.24) is 9.88 Å². The molecule has 2 aromatic rings. The van der Waals surface area contributed by atoms with Crippen molar-refractivity contribution in [2.75, 3.05) is 18.4 Å². The van der Waals surface area contributed by atoms with Gasteiger partial charge < -0.3 is 10.3 Å². The lowest BCUT2D eigenvalue weighted by Gasteiger charge is -2.16. The summed E-state index contributed by atoms with van der Waals surface area (Å²) in [6.07, 6.45) is 6.12. The van der Waals surface area contributed by atoms with Crippen molar-refractivity contribution in [1.29, 1.82) is 0 Å². The summed E-state index contributed by atoms with van der Waals surface area (Å²) in [4.78, 5) is 5.88. The van der Waals surface area contributed by atoms with Gasteiger partial charge in [-0.25, -0.2) is 0 Å². The molecule has 2 fully saturated rings. The van der Waals surface area contributed by atoms with Crippen LogP contribution in [-0.4, -0.2) is 35.1 Å². The molecule has 4 rings (SSSR count). The van der Waals surface area contributed by atoms with E-state index in [0.29, 0.717) is 6.04 Å². The predicted octanol–water partition coefficient (Wildman–Crippen LogP) is 2.82. The highest BCUT2D eigenvalue weighted by atomic mass is 15.2. The van der Waals surface area contributed by atoms with Gasteiger partial charge in [-0.2, -0.15) is 0 Å². The van der Waals surface area contributed by atoms with Gasteiger partial charge in [-0.05, 0) is 43.5 Å². The fourth-order valence-corrected chi connectivity index (χ4v) is 3.06. The van der Waals surface area contributed by atoms with E-state index in [9.17, 15) is 0 Å². The number of hydrogen-bond donors (Lipinski definition) is 2. The van der Waals surface area contributed by atoms with Crippen LogP contribution in [0.1, 0.15) is 19.3 Å². The Hall–Kier alpha value is -1.48. The molecule has 0 amide bonds. The molecule has 3 heteroatoms. The zero-order valence-electron chi connectivity index (χ0n) is 10.5. The number of H-pyrrole nitrogens is 1. The third kappa shape index (κ3) is 1.89. The minimum Gasteiger partial charge on any atom is -0.381 e. The standard InChI is InChI=1S/C15H19N3/c1-4-15-11(5-7-16-15)9-12(1)17-13-6-8-18(10-13)14-2-3-14/h1,4-5,7,9,13-14,16-17H,2-3,6,8,10H2. The van der Waals surface area contributed by atoms with E-state index < -0.39 is 0 Å².